The number of sulfonamides is 1. The zero-order valence-electron chi connectivity index (χ0n) is 16.2. The molecule has 0 bridgehead atoms. The lowest BCUT2D eigenvalue weighted by atomic mass is 9.69. The minimum atomic E-state index is -3.70. The first kappa shape index (κ1) is 20.8. The third-order valence-electron chi connectivity index (χ3n) is 5.82. The summed E-state index contributed by atoms with van der Waals surface area (Å²) in [6.45, 7) is 6.67. The highest BCUT2D eigenvalue weighted by Crippen LogP contribution is 2.40. The van der Waals surface area contributed by atoms with E-state index < -0.39 is 10.0 Å². The van der Waals surface area contributed by atoms with Crippen LogP contribution < -0.4 is 5.32 Å². The van der Waals surface area contributed by atoms with Gasteiger partial charge in [0.05, 0.1) is 6.54 Å². The average Bonchev–Trinajstić information content (AvgIpc) is 2.62. The molecule has 1 aromatic rings. The fraction of sp³-hybridized carbons (Fsp3) is 0.684. The van der Waals surface area contributed by atoms with Gasteiger partial charge in [0.15, 0.2) is 0 Å². The highest BCUT2D eigenvalue weighted by molar-refractivity contribution is 7.89. The van der Waals surface area contributed by atoms with E-state index in [1.165, 1.54) is 25.5 Å². The van der Waals surface area contributed by atoms with Gasteiger partial charge < -0.3 is 5.32 Å². The lowest BCUT2D eigenvalue weighted by Crippen LogP contribution is -2.44. The Bertz CT molecular complexity index is 696. The number of hydrogen-bond acceptors (Lipinski definition) is 4. The molecule has 1 saturated carbocycles. The van der Waals surface area contributed by atoms with Gasteiger partial charge in [-0.25, -0.2) is 8.42 Å². The molecule has 0 aliphatic heterocycles. The van der Waals surface area contributed by atoms with Crippen LogP contribution in [0.25, 0.3) is 0 Å². The fourth-order valence-electron chi connectivity index (χ4n) is 3.55. The largest absolute Gasteiger partial charge is 0.352 e. The molecule has 146 valence electrons. The molecule has 7 heteroatoms. The summed E-state index contributed by atoms with van der Waals surface area (Å²) in [6.07, 6.45) is 8.09. The summed E-state index contributed by atoms with van der Waals surface area (Å²) < 4.78 is 26.0. The number of nitrogens with one attached hydrogen (secondary N) is 1. The highest BCUT2D eigenvalue weighted by atomic mass is 32.2. The Labute approximate surface area is 157 Å². The summed E-state index contributed by atoms with van der Waals surface area (Å²) in [5.41, 5.74) is 0.340. The van der Waals surface area contributed by atoms with E-state index in [9.17, 15) is 13.2 Å². The standard InChI is InChI=1S/C19H31N3O3S/c1-5-19(2,3)15-8-10-16(11-9-15)21-18(23)14-22(4)26(24,25)17-7-6-12-20-13-17/h6-7,12-13,15-16H,5,8-11,14H2,1-4H3,(H,21,23). The Morgan fingerprint density at radius 2 is 1.96 bits per heavy atom. The first-order valence-electron chi connectivity index (χ1n) is 9.32. The van der Waals surface area contributed by atoms with Crippen LogP contribution in [0.4, 0.5) is 0 Å². The van der Waals surface area contributed by atoms with Crippen LogP contribution in [0, 0.1) is 11.3 Å². The van der Waals surface area contributed by atoms with E-state index in [4.69, 9.17) is 0 Å². The topological polar surface area (TPSA) is 79.4 Å². The minimum absolute atomic E-state index is 0.0950. The molecule has 0 radical (unpaired) electrons. The van der Waals surface area contributed by atoms with E-state index in [2.05, 4.69) is 31.1 Å². The number of pyridine rings is 1. The lowest BCUT2D eigenvalue weighted by Gasteiger charge is -2.39. The Kier molecular flexibility index (Phi) is 6.80. The van der Waals surface area contributed by atoms with Crippen LogP contribution in [0.3, 0.4) is 0 Å². The predicted molar refractivity (Wildman–Crippen MR) is 102 cm³/mol. The van der Waals surface area contributed by atoms with Crippen LogP contribution >= 0.6 is 0 Å². The third kappa shape index (κ3) is 5.04. The first-order valence-corrected chi connectivity index (χ1v) is 10.8. The van der Waals surface area contributed by atoms with Crippen molar-refractivity contribution in [2.75, 3.05) is 13.6 Å². The number of carbonyl (C=O) groups excluding carboxylic acids is 1. The molecule has 0 saturated heterocycles. The highest BCUT2D eigenvalue weighted by Gasteiger charge is 2.32. The molecule has 1 aliphatic rings. The van der Waals surface area contributed by atoms with Crippen molar-refractivity contribution in [3.63, 3.8) is 0 Å². The van der Waals surface area contributed by atoms with Crippen molar-refractivity contribution in [3.8, 4) is 0 Å². The van der Waals surface area contributed by atoms with E-state index in [-0.39, 0.29) is 23.4 Å². The number of carbonyl (C=O) groups is 1. The molecule has 2 rings (SSSR count). The smallest absolute Gasteiger partial charge is 0.244 e. The summed E-state index contributed by atoms with van der Waals surface area (Å²) in [4.78, 5) is 16.2. The maximum absolute atomic E-state index is 12.5. The van der Waals surface area contributed by atoms with Gasteiger partial charge in [0.2, 0.25) is 15.9 Å². The van der Waals surface area contributed by atoms with Crippen molar-refractivity contribution in [3.05, 3.63) is 24.5 Å². The van der Waals surface area contributed by atoms with Gasteiger partial charge in [0, 0.05) is 25.5 Å². The van der Waals surface area contributed by atoms with Crippen LogP contribution in [-0.2, 0) is 14.8 Å². The SMILES string of the molecule is CCC(C)(C)C1CCC(NC(=O)CN(C)S(=O)(=O)c2cccnc2)CC1. The molecule has 1 aliphatic carbocycles. The zero-order valence-corrected chi connectivity index (χ0v) is 17.1. The molecule has 1 amide bonds. The van der Waals surface area contributed by atoms with Gasteiger partial charge in [-0.3, -0.25) is 9.78 Å². The van der Waals surface area contributed by atoms with Gasteiger partial charge in [-0.05, 0) is 49.1 Å². The van der Waals surface area contributed by atoms with E-state index in [0.717, 1.165) is 36.4 Å². The Balaban J connectivity index is 1.86. The summed E-state index contributed by atoms with van der Waals surface area (Å²) >= 11 is 0. The van der Waals surface area contributed by atoms with Gasteiger partial charge >= 0.3 is 0 Å². The zero-order chi connectivity index (χ0) is 19.4. The fourth-order valence-corrected chi connectivity index (χ4v) is 4.64. The number of aromatic nitrogens is 1. The maximum atomic E-state index is 12.5. The molecule has 1 heterocycles. The number of amides is 1. The molecule has 1 N–H and O–H groups in total. The lowest BCUT2D eigenvalue weighted by molar-refractivity contribution is -0.122. The number of nitrogens with zero attached hydrogens (tertiary/aromatic N) is 2. The van der Waals surface area contributed by atoms with Crippen LogP contribution in [0.2, 0.25) is 0 Å². The van der Waals surface area contributed by atoms with Crippen LogP contribution in [-0.4, -0.2) is 43.2 Å². The third-order valence-corrected chi connectivity index (χ3v) is 7.60. The molecular formula is C19H31N3O3S. The Morgan fingerprint density at radius 3 is 2.50 bits per heavy atom. The van der Waals surface area contributed by atoms with Crippen molar-refractivity contribution in [2.45, 2.75) is 63.8 Å². The van der Waals surface area contributed by atoms with E-state index in [0.29, 0.717) is 11.3 Å². The predicted octanol–water partition coefficient (Wildman–Crippen LogP) is 2.81. The van der Waals surface area contributed by atoms with Crippen molar-refractivity contribution in [2.24, 2.45) is 11.3 Å². The van der Waals surface area contributed by atoms with Crippen molar-refractivity contribution < 1.29 is 13.2 Å². The quantitative estimate of drug-likeness (QED) is 0.788. The van der Waals surface area contributed by atoms with Gasteiger partial charge in [0.1, 0.15) is 4.90 Å². The number of hydrogen-bond donors (Lipinski definition) is 1. The second-order valence-corrected chi connectivity index (χ2v) is 9.95. The molecule has 26 heavy (non-hydrogen) atoms. The summed E-state index contributed by atoms with van der Waals surface area (Å²) in [7, 11) is -2.28. The normalized spacial score (nSPS) is 21.6. The molecule has 6 nitrogen and oxygen atoms in total. The first-order chi connectivity index (χ1) is 12.2. The molecule has 0 aromatic carbocycles. The van der Waals surface area contributed by atoms with Crippen molar-refractivity contribution in [1.82, 2.24) is 14.6 Å². The molecule has 1 aromatic heterocycles. The van der Waals surface area contributed by atoms with E-state index in [1.54, 1.807) is 6.07 Å². The molecule has 0 atom stereocenters. The summed E-state index contributed by atoms with van der Waals surface area (Å²) in [5.74, 6) is 0.437. The number of likely N-dealkylation sites (N-methyl/N-ethyl adjacent to an activating group) is 1. The van der Waals surface area contributed by atoms with Crippen molar-refractivity contribution >= 4 is 15.9 Å². The Hall–Kier alpha value is -1.47. The Morgan fingerprint density at radius 1 is 1.31 bits per heavy atom. The molecule has 1 fully saturated rings. The minimum Gasteiger partial charge on any atom is -0.352 e. The molecular weight excluding hydrogens is 350 g/mol. The van der Waals surface area contributed by atoms with E-state index >= 15 is 0 Å². The second-order valence-electron chi connectivity index (χ2n) is 7.91. The molecule has 0 unspecified atom stereocenters. The van der Waals surface area contributed by atoms with E-state index in [1.807, 2.05) is 0 Å². The number of rotatable bonds is 7. The van der Waals surface area contributed by atoms with Crippen LogP contribution in [0.15, 0.2) is 29.4 Å². The monoisotopic (exact) mass is 381 g/mol. The average molecular weight is 382 g/mol. The summed E-state index contributed by atoms with van der Waals surface area (Å²) in [5, 5.41) is 3.00. The van der Waals surface area contributed by atoms with Crippen molar-refractivity contribution in [1.29, 1.82) is 0 Å². The summed E-state index contributed by atoms with van der Waals surface area (Å²) in [6, 6.07) is 3.19. The van der Waals surface area contributed by atoms with Gasteiger partial charge in [-0.1, -0.05) is 27.2 Å². The maximum Gasteiger partial charge on any atom is 0.244 e. The van der Waals surface area contributed by atoms with Gasteiger partial charge in [0.25, 0.3) is 0 Å². The molecule has 0 spiro atoms. The van der Waals surface area contributed by atoms with Gasteiger partial charge in [-0.2, -0.15) is 4.31 Å². The van der Waals surface area contributed by atoms with Crippen LogP contribution in [0.1, 0.15) is 52.9 Å². The second kappa shape index (κ2) is 8.48. The van der Waals surface area contributed by atoms with Gasteiger partial charge in [-0.15, -0.1) is 0 Å². The van der Waals surface area contributed by atoms with Crippen LogP contribution in [0.5, 0.6) is 0 Å².